The van der Waals surface area contributed by atoms with E-state index in [0.717, 1.165) is 0 Å². The highest BCUT2D eigenvalue weighted by Crippen LogP contribution is 1.85. The zero-order valence-corrected chi connectivity index (χ0v) is 8.77. The third-order valence-electron chi connectivity index (χ3n) is 0.991. The van der Waals surface area contributed by atoms with Crippen LogP contribution in [0.4, 0.5) is 0 Å². The molecule has 0 aliphatic heterocycles. The predicted molar refractivity (Wildman–Crippen MR) is 43.8 cm³/mol. The highest BCUT2D eigenvalue weighted by Gasteiger charge is 1.84. The van der Waals surface area contributed by atoms with Crippen LogP contribution in [0, 0.1) is 0 Å². The molecular weight excluding hydrogens is 132 g/mol. The molecule has 0 amide bonds. The van der Waals surface area contributed by atoms with Crippen LogP contribution in [0.25, 0.3) is 0 Å². The molecule has 0 saturated carbocycles. The molecule has 50 valence electrons. The van der Waals surface area contributed by atoms with Crippen molar-refractivity contribution >= 4 is 19.5 Å². The average Bonchev–Trinajstić information content (AvgIpc) is 1.81. The smallest absolute Gasteiger partial charge is 0.146 e. The van der Waals surface area contributed by atoms with Gasteiger partial charge in [0.15, 0.2) is 0 Å². The summed E-state index contributed by atoms with van der Waals surface area (Å²) in [5.74, 6) is 0. The van der Waals surface area contributed by atoms with Crippen molar-refractivity contribution in [3.63, 3.8) is 0 Å². The second-order valence-electron chi connectivity index (χ2n) is 1.97. The lowest BCUT2D eigenvalue weighted by Gasteiger charge is -1.96. The fourth-order valence-electron chi connectivity index (χ4n) is 0.493. The van der Waals surface area contributed by atoms with Crippen LogP contribution in [0.2, 0.25) is 12.1 Å². The molecule has 0 bridgehead atoms. The molecule has 0 unspecified atom stereocenters. The van der Waals surface area contributed by atoms with E-state index in [-0.39, 0.29) is 19.5 Å². The summed E-state index contributed by atoms with van der Waals surface area (Å²) in [5, 5.41) is 0. The van der Waals surface area contributed by atoms with Crippen molar-refractivity contribution in [3.8, 4) is 0 Å². The lowest BCUT2D eigenvalue weighted by Crippen LogP contribution is -2.00. The summed E-state index contributed by atoms with van der Waals surface area (Å²) in [6.07, 6.45) is 1.32. The van der Waals surface area contributed by atoms with Gasteiger partial charge in [0.1, 0.15) is 19.5 Å². The van der Waals surface area contributed by atoms with Gasteiger partial charge in [0.2, 0.25) is 0 Å². The first-order valence-electron chi connectivity index (χ1n) is 3.49. The Morgan fingerprint density at radius 2 is 2.00 bits per heavy atom. The molecular formula is C5H16OSi2. The summed E-state index contributed by atoms with van der Waals surface area (Å²) in [5.41, 5.74) is 0. The maximum atomic E-state index is 5.50. The van der Waals surface area contributed by atoms with E-state index in [1.807, 2.05) is 0 Å². The quantitative estimate of drug-likeness (QED) is 0.406. The van der Waals surface area contributed by atoms with Gasteiger partial charge in [0, 0.05) is 0 Å². The predicted octanol–water partition coefficient (Wildman–Crippen LogP) is 0.437. The molecule has 0 atom stereocenters. The monoisotopic (exact) mass is 148 g/mol. The third-order valence-corrected chi connectivity index (χ3v) is 4.70. The van der Waals surface area contributed by atoms with Gasteiger partial charge in [-0.15, -0.1) is 0 Å². The third kappa shape index (κ3) is 6.39. The number of rotatable bonds is 5. The van der Waals surface area contributed by atoms with Gasteiger partial charge in [-0.3, -0.25) is 0 Å². The Kier molecular flexibility index (Phi) is 7.76. The van der Waals surface area contributed by atoms with Crippen molar-refractivity contribution < 1.29 is 4.12 Å². The maximum absolute atomic E-state index is 5.50. The van der Waals surface area contributed by atoms with E-state index in [1.54, 1.807) is 0 Å². The Bertz CT molecular complexity index is 35.4. The van der Waals surface area contributed by atoms with Crippen molar-refractivity contribution in [1.82, 2.24) is 0 Å². The van der Waals surface area contributed by atoms with Crippen LogP contribution < -0.4 is 0 Å². The van der Waals surface area contributed by atoms with Crippen molar-refractivity contribution in [2.45, 2.75) is 32.4 Å². The van der Waals surface area contributed by atoms with Crippen LogP contribution in [-0.2, 0) is 4.12 Å². The fourth-order valence-corrected chi connectivity index (χ4v) is 3.57. The van der Waals surface area contributed by atoms with Crippen molar-refractivity contribution in [2.24, 2.45) is 0 Å². The molecule has 1 nitrogen and oxygen atoms in total. The zero-order chi connectivity index (χ0) is 6.24. The topological polar surface area (TPSA) is 9.23 Å². The standard InChI is InChI=1S/C5H16OSi2/c1-3-5-8-6-7-4-2/h3-5,7-8H2,1-2H3. The van der Waals surface area contributed by atoms with E-state index in [2.05, 4.69) is 13.8 Å². The van der Waals surface area contributed by atoms with Gasteiger partial charge in [-0.1, -0.05) is 20.3 Å². The maximum Gasteiger partial charge on any atom is 0.146 e. The first-order chi connectivity index (χ1) is 3.91. The molecule has 3 heteroatoms. The second kappa shape index (κ2) is 7.39. The van der Waals surface area contributed by atoms with Gasteiger partial charge >= 0.3 is 0 Å². The minimum atomic E-state index is -0.0380. The van der Waals surface area contributed by atoms with Gasteiger partial charge in [-0.25, -0.2) is 0 Å². The van der Waals surface area contributed by atoms with Crippen LogP contribution in [-0.4, -0.2) is 19.5 Å². The molecule has 0 spiro atoms. The molecule has 0 aliphatic rings. The van der Waals surface area contributed by atoms with E-state index in [1.165, 1.54) is 18.5 Å². The Balaban J connectivity index is 2.53. The van der Waals surface area contributed by atoms with E-state index in [9.17, 15) is 0 Å². The van der Waals surface area contributed by atoms with E-state index in [0.29, 0.717) is 0 Å². The summed E-state index contributed by atoms with van der Waals surface area (Å²) in [6.45, 7) is 4.44. The van der Waals surface area contributed by atoms with Crippen LogP contribution in [0.1, 0.15) is 20.3 Å². The van der Waals surface area contributed by atoms with Gasteiger partial charge in [0.25, 0.3) is 0 Å². The van der Waals surface area contributed by atoms with Gasteiger partial charge in [-0.05, 0) is 12.1 Å². The van der Waals surface area contributed by atoms with Crippen molar-refractivity contribution in [2.75, 3.05) is 0 Å². The summed E-state index contributed by atoms with van der Waals surface area (Å²) in [4.78, 5) is 0. The van der Waals surface area contributed by atoms with E-state index in [4.69, 9.17) is 4.12 Å². The fraction of sp³-hybridized carbons (Fsp3) is 1.00. The molecule has 0 aliphatic carbocycles. The highest BCUT2D eigenvalue weighted by molar-refractivity contribution is 6.42. The Morgan fingerprint density at radius 3 is 2.50 bits per heavy atom. The van der Waals surface area contributed by atoms with Crippen molar-refractivity contribution in [3.05, 3.63) is 0 Å². The van der Waals surface area contributed by atoms with Gasteiger partial charge in [0.05, 0.1) is 0 Å². The number of hydrogen-bond acceptors (Lipinski definition) is 1. The van der Waals surface area contributed by atoms with Crippen LogP contribution in [0.15, 0.2) is 0 Å². The first kappa shape index (κ1) is 8.39. The number of hydrogen-bond donors (Lipinski definition) is 0. The van der Waals surface area contributed by atoms with Crippen LogP contribution in [0.5, 0.6) is 0 Å². The summed E-state index contributed by atoms with van der Waals surface area (Å²) in [7, 11) is -0.0749. The lowest BCUT2D eigenvalue weighted by atomic mass is 10.6. The summed E-state index contributed by atoms with van der Waals surface area (Å²) in [6, 6.07) is 2.70. The Morgan fingerprint density at radius 1 is 1.25 bits per heavy atom. The molecule has 8 heavy (non-hydrogen) atoms. The van der Waals surface area contributed by atoms with Gasteiger partial charge in [-0.2, -0.15) is 0 Å². The average molecular weight is 148 g/mol. The van der Waals surface area contributed by atoms with Crippen LogP contribution in [0.3, 0.4) is 0 Å². The first-order valence-corrected chi connectivity index (χ1v) is 6.65. The molecule has 0 radical (unpaired) electrons. The normalized spacial score (nSPS) is 12.8. The van der Waals surface area contributed by atoms with E-state index < -0.39 is 0 Å². The Labute approximate surface area is 56.7 Å². The molecule has 0 heterocycles. The zero-order valence-electron chi connectivity index (χ0n) is 5.94. The lowest BCUT2D eigenvalue weighted by molar-refractivity contribution is 0.632. The van der Waals surface area contributed by atoms with Crippen LogP contribution >= 0.6 is 0 Å². The minimum Gasteiger partial charge on any atom is -0.465 e. The molecule has 0 aromatic heterocycles. The molecule has 0 rings (SSSR count). The molecule has 0 saturated heterocycles. The minimum absolute atomic E-state index is 0.0369. The Hall–Kier alpha value is 0.394. The van der Waals surface area contributed by atoms with Gasteiger partial charge < -0.3 is 4.12 Å². The highest BCUT2D eigenvalue weighted by atomic mass is 28.3. The van der Waals surface area contributed by atoms with Crippen molar-refractivity contribution in [1.29, 1.82) is 0 Å². The SMILES string of the molecule is CCC[SiH2]O[SiH2]CC. The second-order valence-corrected chi connectivity index (χ2v) is 6.12. The molecule has 0 fully saturated rings. The molecule has 0 N–H and O–H groups in total. The van der Waals surface area contributed by atoms with E-state index >= 15 is 0 Å². The molecule has 0 aromatic carbocycles. The summed E-state index contributed by atoms with van der Waals surface area (Å²) >= 11 is 0. The molecule has 0 aromatic rings. The summed E-state index contributed by atoms with van der Waals surface area (Å²) < 4.78 is 5.50. The largest absolute Gasteiger partial charge is 0.465 e.